The Morgan fingerprint density at radius 3 is 1.45 bits per heavy atom. The molecule has 11 aromatic rings. The Balaban J connectivity index is 1.11. The molecule has 0 bridgehead atoms. The van der Waals surface area contributed by atoms with Gasteiger partial charge in [-0.1, -0.05) is 144 Å². The zero-order valence-electron chi connectivity index (χ0n) is 32.3. The van der Waals surface area contributed by atoms with Gasteiger partial charge in [0.25, 0.3) is 0 Å². The average Bonchev–Trinajstić information content (AvgIpc) is 3.87. The number of ether oxygens (including phenoxy) is 1. The van der Waals surface area contributed by atoms with Gasteiger partial charge in [-0.2, -0.15) is 0 Å². The first kappa shape index (κ1) is 33.6. The molecule has 0 saturated carbocycles. The van der Waals surface area contributed by atoms with Crippen molar-refractivity contribution in [3.63, 3.8) is 0 Å². The average molecular weight is 801 g/mol. The number of nitrogens with zero attached hydrogens (tertiary/aromatic N) is 1. The van der Waals surface area contributed by atoms with Crippen LogP contribution in [0, 0.1) is 0 Å². The van der Waals surface area contributed by atoms with Crippen LogP contribution in [0.15, 0.2) is 215 Å². The van der Waals surface area contributed by atoms with Gasteiger partial charge in [0.15, 0.2) is 16.9 Å². The molecular formula is C54H34NO3Si2. The van der Waals surface area contributed by atoms with Crippen molar-refractivity contribution in [3.8, 4) is 11.5 Å². The first-order valence-corrected chi connectivity index (χ1v) is 23.9. The number of rotatable bonds is 4. The molecule has 1 spiro atoms. The molecule has 0 N–H and O–H groups in total. The summed E-state index contributed by atoms with van der Waals surface area (Å²) >= 11 is 0. The highest BCUT2D eigenvalue weighted by Gasteiger charge is 2.54. The number of benzene rings is 9. The summed E-state index contributed by atoms with van der Waals surface area (Å²) in [5.74, 6) is 1.89. The Labute approximate surface area is 348 Å². The zero-order valence-corrected chi connectivity index (χ0v) is 34.3. The third-order valence-corrected chi connectivity index (χ3v) is 20.9. The van der Waals surface area contributed by atoms with Gasteiger partial charge < -0.3 is 18.5 Å². The Morgan fingerprint density at radius 1 is 0.350 bits per heavy atom. The Bertz CT molecular complexity index is 3360. The van der Waals surface area contributed by atoms with Crippen LogP contribution in [0.2, 0.25) is 0 Å². The summed E-state index contributed by atoms with van der Waals surface area (Å²) in [6.07, 6.45) is 0. The van der Waals surface area contributed by atoms with Crippen LogP contribution in [0.3, 0.4) is 0 Å². The highest BCUT2D eigenvalue weighted by Crippen LogP contribution is 2.41. The number of fused-ring (bicyclic) bond motifs is 14. The molecule has 1 radical (unpaired) electrons. The summed E-state index contributed by atoms with van der Waals surface area (Å²) in [5, 5.41) is 14.1. The lowest BCUT2D eigenvalue weighted by Crippen LogP contribution is -2.87. The molecule has 2 aliphatic rings. The minimum absolute atomic E-state index is 0.853. The van der Waals surface area contributed by atoms with Crippen molar-refractivity contribution in [3.05, 3.63) is 206 Å². The van der Waals surface area contributed by atoms with E-state index < -0.39 is 16.9 Å². The molecule has 0 unspecified atom stereocenters. The van der Waals surface area contributed by atoms with Crippen LogP contribution >= 0.6 is 0 Å². The van der Waals surface area contributed by atoms with Crippen molar-refractivity contribution in [1.82, 2.24) is 0 Å². The minimum atomic E-state index is -2.90. The monoisotopic (exact) mass is 800 g/mol. The van der Waals surface area contributed by atoms with Gasteiger partial charge in [0.2, 0.25) is 0 Å². The lowest BCUT2D eigenvalue weighted by atomic mass is 10.1. The molecule has 4 heterocycles. The second kappa shape index (κ2) is 12.8. The zero-order chi connectivity index (χ0) is 39.4. The van der Waals surface area contributed by atoms with Crippen LogP contribution in [0.5, 0.6) is 11.5 Å². The van der Waals surface area contributed by atoms with Gasteiger partial charge in [0.1, 0.15) is 33.8 Å². The molecule has 281 valence electrons. The van der Waals surface area contributed by atoms with Gasteiger partial charge in [-0.05, 0) is 86.6 Å². The number of hydrogen-bond acceptors (Lipinski definition) is 4. The maximum absolute atomic E-state index is 6.76. The van der Waals surface area contributed by atoms with E-state index in [1.807, 2.05) is 24.3 Å². The Kier molecular flexibility index (Phi) is 7.17. The van der Waals surface area contributed by atoms with Crippen LogP contribution in [0.4, 0.5) is 17.1 Å². The van der Waals surface area contributed by atoms with E-state index in [4.69, 9.17) is 13.6 Å². The molecule has 9 aromatic carbocycles. The van der Waals surface area contributed by atoms with Crippen molar-refractivity contribution in [2.75, 3.05) is 4.90 Å². The quantitative estimate of drug-likeness (QED) is 0.167. The fourth-order valence-corrected chi connectivity index (χ4v) is 19.8. The first-order chi connectivity index (χ1) is 29.7. The number of hydrogen-bond donors (Lipinski definition) is 0. The lowest BCUT2D eigenvalue weighted by molar-refractivity contribution is 0.487. The SMILES string of the molecule is c1ccc([Si]2c3ccccc3[Si]3(c4ccccc4Oc4ccccc43)c3ccc(N(c4ccc5c(c4)oc4ccccc45)c4ccc5c(c4)oc4ccccc45)cc32)cc1. The van der Waals surface area contributed by atoms with E-state index in [2.05, 4.69) is 187 Å². The summed E-state index contributed by atoms with van der Waals surface area (Å²) in [4.78, 5) is 2.38. The number of furan rings is 2. The highest BCUT2D eigenvalue weighted by molar-refractivity contribution is 7.27. The standard InChI is InChI=1S/C54H34NO3Si2/c1-2-14-38(15-3-1)59-49-22-10-13-25-53(49)60(51-23-11-8-20-45(51)58-46-21-9-12-24-52(46)60)54-31-28-37(34-50(54)59)55(35-26-29-41-39-16-4-6-18-43(39)56-47(41)32-35)36-27-30-42-40-17-5-7-19-44(40)57-48(42)33-36/h1-34H. The Morgan fingerprint density at radius 2 is 0.817 bits per heavy atom. The molecule has 2 aromatic heterocycles. The van der Waals surface area contributed by atoms with Crippen molar-refractivity contribution < 1.29 is 13.6 Å². The Hall–Kier alpha value is -7.39. The molecule has 2 aliphatic heterocycles. The summed E-state index contributed by atoms with van der Waals surface area (Å²) < 4.78 is 19.8. The van der Waals surface area contributed by atoms with E-state index in [1.165, 1.54) is 36.3 Å². The predicted octanol–water partition coefficient (Wildman–Crippen LogP) is 9.27. The smallest absolute Gasteiger partial charge is 0.188 e. The summed E-state index contributed by atoms with van der Waals surface area (Å²) in [5.41, 5.74) is 6.57. The fraction of sp³-hybridized carbons (Fsp3) is 0. The lowest BCUT2D eigenvalue weighted by Gasteiger charge is -2.46. The van der Waals surface area contributed by atoms with Crippen molar-refractivity contribution in [2.45, 2.75) is 0 Å². The third-order valence-electron chi connectivity index (χ3n) is 12.6. The topological polar surface area (TPSA) is 38.8 Å². The van der Waals surface area contributed by atoms with Crippen molar-refractivity contribution >= 4 is 114 Å². The van der Waals surface area contributed by atoms with E-state index in [0.29, 0.717) is 0 Å². The van der Waals surface area contributed by atoms with E-state index in [9.17, 15) is 0 Å². The second-order valence-electron chi connectivity index (χ2n) is 15.8. The van der Waals surface area contributed by atoms with Crippen LogP contribution in [-0.2, 0) is 0 Å². The second-order valence-corrected chi connectivity index (χ2v) is 21.8. The van der Waals surface area contributed by atoms with E-state index in [0.717, 1.165) is 72.4 Å². The predicted molar refractivity (Wildman–Crippen MR) is 250 cm³/mol. The summed E-state index contributed by atoms with van der Waals surface area (Å²) in [7, 11) is -4.41. The van der Waals surface area contributed by atoms with Crippen LogP contribution in [0.25, 0.3) is 43.9 Å². The van der Waals surface area contributed by atoms with Gasteiger partial charge in [0, 0.05) is 50.7 Å². The fourth-order valence-electron chi connectivity index (χ4n) is 10.2. The first-order valence-electron chi connectivity index (χ1n) is 20.4. The van der Waals surface area contributed by atoms with Crippen LogP contribution in [0.1, 0.15) is 0 Å². The van der Waals surface area contributed by atoms with E-state index in [1.54, 1.807) is 0 Å². The third kappa shape index (κ3) is 4.71. The maximum Gasteiger partial charge on any atom is 0.188 e. The summed E-state index contributed by atoms with van der Waals surface area (Å²) in [6.45, 7) is 0. The van der Waals surface area contributed by atoms with Crippen molar-refractivity contribution in [2.24, 2.45) is 0 Å². The molecular weight excluding hydrogens is 767 g/mol. The number of anilines is 3. The normalized spacial score (nSPS) is 13.9. The van der Waals surface area contributed by atoms with Gasteiger partial charge in [-0.25, -0.2) is 0 Å². The molecule has 0 amide bonds. The summed E-state index contributed by atoms with van der Waals surface area (Å²) in [6, 6.07) is 75.1. The van der Waals surface area contributed by atoms with Gasteiger partial charge >= 0.3 is 0 Å². The molecule has 0 saturated heterocycles. The van der Waals surface area contributed by atoms with Crippen LogP contribution < -0.4 is 45.9 Å². The van der Waals surface area contributed by atoms with Gasteiger partial charge in [-0.15, -0.1) is 0 Å². The molecule has 0 fully saturated rings. The van der Waals surface area contributed by atoms with Crippen LogP contribution in [-0.4, -0.2) is 16.9 Å². The molecule has 6 heteroatoms. The van der Waals surface area contributed by atoms with E-state index >= 15 is 0 Å². The van der Waals surface area contributed by atoms with Gasteiger partial charge in [-0.3, -0.25) is 0 Å². The van der Waals surface area contributed by atoms with Crippen molar-refractivity contribution in [1.29, 1.82) is 0 Å². The molecule has 0 atom stereocenters. The van der Waals surface area contributed by atoms with Gasteiger partial charge in [0.05, 0.1) is 0 Å². The molecule has 0 aliphatic carbocycles. The van der Waals surface area contributed by atoms with E-state index in [-0.39, 0.29) is 0 Å². The molecule has 4 nitrogen and oxygen atoms in total. The highest BCUT2D eigenvalue weighted by atomic mass is 28.3. The molecule has 13 rings (SSSR count). The molecule has 60 heavy (non-hydrogen) atoms. The number of para-hydroxylation sites is 4. The largest absolute Gasteiger partial charge is 0.458 e. The maximum atomic E-state index is 6.76. The minimum Gasteiger partial charge on any atom is -0.458 e.